The first kappa shape index (κ1) is 10.9. The van der Waals surface area contributed by atoms with E-state index in [1.54, 1.807) is 0 Å². The normalized spacial score (nSPS) is 10.4. The molecule has 0 spiro atoms. The van der Waals surface area contributed by atoms with Gasteiger partial charge in [-0.1, -0.05) is 0 Å². The Morgan fingerprint density at radius 2 is 2.12 bits per heavy atom. The molecule has 3 nitrogen and oxygen atoms in total. The zero-order chi connectivity index (χ0) is 11.7. The lowest BCUT2D eigenvalue weighted by Gasteiger charge is -2.01. The molecule has 0 fully saturated rings. The Morgan fingerprint density at radius 3 is 2.69 bits per heavy atom. The highest BCUT2D eigenvalue weighted by Gasteiger charge is 2.15. The van der Waals surface area contributed by atoms with E-state index in [0.717, 1.165) is 6.07 Å². The van der Waals surface area contributed by atoms with Gasteiger partial charge < -0.3 is 10.2 Å². The monoisotopic (exact) mass is 283 g/mol. The number of ketones is 1. The lowest BCUT2D eigenvalue weighted by molar-refractivity contribution is 0.103. The van der Waals surface area contributed by atoms with Crippen LogP contribution in [0.25, 0.3) is 0 Å². The van der Waals surface area contributed by atoms with Crippen LogP contribution in [0.4, 0.5) is 10.1 Å². The zero-order valence-corrected chi connectivity index (χ0v) is 9.62. The van der Waals surface area contributed by atoms with Crippen molar-refractivity contribution >= 4 is 27.4 Å². The third-order valence-corrected chi connectivity index (χ3v) is 2.74. The van der Waals surface area contributed by atoms with E-state index >= 15 is 0 Å². The molecule has 0 atom stereocenters. The molecule has 0 bridgehead atoms. The van der Waals surface area contributed by atoms with Gasteiger partial charge in [0.25, 0.3) is 0 Å². The first-order valence-corrected chi connectivity index (χ1v) is 5.21. The number of furan rings is 1. The summed E-state index contributed by atoms with van der Waals surface area (Å²) < 4.78 is 18.4. The van der Waals surface area contributed by atoms with Crippen LogP contribution < -0.4 is 5.73 Å². The summed E-state index contributed by atoms with van der Waals surface area (Å²) in [5, 5.41) is 0. The molecule has 0 saturated carbocycles. The number of hydrogen-bond donors (Lipinski definition) is 1. The second-order valence-corrected chi connectivity index (χ2v) is 3.89. The van der Waals surface area contributed by atoms with Gasteiger partial charge in [-0.05, 0) is 40.2 Å². The summed E-state index contributed by atoms with van der Waals surface area (Å²) in [6.45, 7) is 0. The number of hydrogen-bond acceptors (Lipinski definition) is 3. The van der Waals surface area contributed by atoms with Gasteiger partial charge in [0.1, 0.15) is 5.82 Å². The number of benzene rings is 1. The van der Waals surface area contributed by atoms with Crippen molar-refractivity contribution in [2.45, 2.75) is 0 Å². The summed E-state index contributed by atoms with van der Waals surface area (Å²) >= 11 is 3.09. The van der Waals surface area contributed by atoms with Crippen LogP contribution in [0, 0.1) is 5.82 Å². The van der Waals surface area contributed by atoms with Crippen LogP contribution in [0.1, 0.15) is 15.9 Å². The molecule has 0 aliphatic rings. The fourth-order valence-electron chi connectivity index (χ4n) is 1.28. The Labute approximate surface area is 99.2 Å². The maximum absolute atomic E-state index is 13.2. The summed E-state index contributed by atoms with van der Waals surface area (Å²) in [5.41, 5.74) is 5.92. The van der Waals surface area contributed by atoms with E-state index in [1.807, 2.05) is 0 Å². The molecule has 1 aromatic carbocycles. The van der Waals surface area contributed by atoms with Crippen LogP contribution in [0.3, 0.4) is 0 Å². The maximum Gasteiger partial charge on any atom is 0.197 e. The van der Waals surface area contributed by atoms with Crippen molar-refractivity contribution in [3.63, 3.8) is 0 Å². The third-order valence-electron chi connectivity index (χ3n) is 2.13. The quantitative estimate of drug-likeness (QED) is 0.681. The van der Waals surface area contributed by atoms with Crippen molar-refractivity contribution in [1.82, 2.24) is 0 Å². The van der Waals surface area contributed by atoms with Crippen LogP contribution in [0.2, 0.25) is 0 Å². The van der Waals surface area contributed by atoms with Gasteiger partial charge in [0.15, 0.2) is 10.5 Å². The second kappa shape index (κ2) is 4.09. The summed E-state index contributed by atoms with van der Waals surface area (Å²) in [4.78, 5) is 11.9. The Kier molecular flexibility index (Phi) is 2.78. The standard InChI is InChI=1S/C11H7BrFNO2/c12-11-7(3-4-16-11)10(15)6-1-2-9(14)8(13)5-6/h1-5H,14H2. The van der Waals surface area contributed by atoms with Gasteiger partial charge in [-0.25, -0.2) is 4.39 Å². The molecule has 16 heavy (non-hydrogen) atoms. The lowest BCUT2D eigenvalue weighted by Crippen LogP contribution is -2.02. The first-order valence-electron chi connectivity index (χ1n) is 4.42. The molecule has 0 unspecified atom stereocenters. The van der Waals surface area contributed by atoms with Crippen molar-refractivity contribution < 1.29 is 13.6 Å². The van der Waals surface area contributed by atoms with E-state index in [1.165, 1.54) is 24.5 Å². The third kappa shape index (κ3) is 1.86. The molecule has 0 aliphatic carbocycles. The van der Waals surface area contributed by atoms with Gasteiger partial charge in [0.2, 0.25) is 0 Å². The largest absolute Gasteiger partial charge is 0.457 e. The van der Waals surface area contributed by atoms with Crippen molar-refractivity contribution in [1.29, 1.82) is 0 Å². The first-order chi connectivity index (χ1) is 7.59. The fraction of sp³-hybridized carbons (Fsp3) is 0. The van der Waals surface area contributed by atoms with Gasteiger partial charge in [-0.15, -0.1) is 0 Å². The topological polar surface area (TPSA) is 56.2 Å². The molecule has 2 rings (SSSR count). The van der Waals surface area contributed by atoms with Gasteiger partial charge in [0, 0.05) is 5.56 Å². The van der Waals surface area contributed by atoms with E-state index < -0.39 is 5.82 Å². The predicted molar refractivity (Wildman–Crippen MR) is 60.7 cm³/mol. The predicted octanol–water partition coefficient (Wildman–Crippen LogP) is 2.99. The molecular weight excluding hydrogens is 277 g/mol. The molecule has 2 N–H and O–H groups in total. The SMILES string of the molecule is Nc1ccc(C(=O)c2ccoc2Br)cc1F. The molecule has 1 aromatic heterocycles. The minimum absolute atomic E-state index is 0.0165. The highest BCUT2D eigenvalue weighted by atomic mass is 79.9. The van der Waals surface area contributed by atoms with Gasteiger partial charge in [0.05, 0.1) is 17.5 Å². The highest BCUT2D eigenvalue weighted by molar-refractivity contribution is 9.10. The van der Waals surface area contributed by atoms with Crippen LogP contribution in [-0.4, -0.2) is 5.78 Å². The van der Waals surface area contributed by atoms with Crippen molar-refractivity contribution in [2.75, 3.05) is 5.73 Å². The van der Waals surface area contributed by atoms with E-state index in [2.05, 4.69) is 15.9 Å². The smallest absolute Gasteiger partial charge is 0.197 e. The number of nitrogens with two attached hydrogens (primary N) is 1. The Morgan fingerprint density at radius 1 is 1.38 bits per heavy atom. The van der Waals surface area contributed by atoms with Crippen LogP contribution in [0.15, 0.2) is 39.6 Å². The molecule has 1 heterocycles. The van der Waals surface area contributed by atoms with Crippen LogP contribution in [-0.2, 0) is 0 Å². The number of halogens is 2. The van der Waals surface area contributed by atoms with E-state index in [4.69, 9.17) is 10.2 Å². The molecule has 0 radical (unpaired) electrons. The van der Waals surface area contributed by atoms with Gasteiger partial charge in [-0.2, -0.15) is 0 Å². The molecule has 0 amide bonds. The lowest BCUT2D eigenvalue weighted by atomic mass is 10.1. The summed E-state index contributed by atoms with van der Waals surface area (Å²) in [7, 11) is 0. The van der Waals surface area contributed by atoms with Crippen molar-refractivity contribution in [2.24, 2.45) is 0 Å². The average molecular weight is 284 g/mol. The zero-order valence-electron chi connectivity index (χ0n) is 8.04. The summed E-state index contributed by atoms with van der Waals surface area (Å²) in [6, 6.07) is 5.45. The minimum atomic E-state index is -0.606. The van der Waals surface area contributed by atoms with Crippen molar-refractivity contribution in [3.8, 4) is 0 Å². The average Bonchev–Trinajstić information content (AvgIpc) is 2.67. The van der Waals surface area contributed by atoms with E-state index in [-0.39, 0.29) is 17.0 Å². The summed E-state index contributed by atoms with van der Waals surface area (Å²) in [6.07, 6.45) is 1.38. The van der Waals surface area contributed by atoms with Gasteiger partial charge in [-0.3, -0.25) is 4.79 Å². The second-order valence-electron chi connectivity index (χ2n) is 3.17. The summed E-state index contributed by atoms with van der Waals surface area (Å²) in [5.74, 6) is -0.926. The maximum atomic E-state index is 13.2. The van der Waals surface area contributed by atoms with Crippen LogP contribution in [0.5, 0.6) is 0 Å². The Bertz CT molecular complexity index is 551. The van der Waals surface area contributed by atoms with E-state index in [9.17, 15) is 9.18 Å². The number of anilines is 1. The minimum Gasteiger partial charge on any atom is -0.457 e. The number of rotatable bonds is 2. The molecule has 2 aromatic rings. The molecular formula is C11H7BrFNO2. The number of carbonyl (C=O) groups excluding carboxylic acids is 1. The van der Waals surface area contributed by atoms with Crippen LogP contribution >= 0.6 is 15.9 Å². The molecule has 82 valence electrons. The number of nitrogen functional groups attached to an aromatic ring is 1. The van der Waals surface area contributed by atoms with Crippen molar-refractivity contribution in [3.05, 3.63) is 52.1 Å². The molecule has 0 saturated heterocycles. The molecule has 0 aliphatic heterocycles. The highest BCUT2D eigenvalue weighted by Crippen LogP contribution is 2.22. The van der Waals surface area contributed by atoms with E-state index in [0.29, 0.717) is 10.2 Å². The van der Waals surface area contributed by atoms with Gasteiger partial charge >= 0.3 is 0 Å². The Balaban J connectivity index is 2.42. The number of carbonyl (C=O) groups is 1. The molecule has 5 heteroatoms. The Hall–Kier alpha value is -1.62. The fourth-order valence-corrected chi connectivity index (χ4v) is 1.70.